The van der Waals surface area contributed by atoms with Gasteiger partial charge in [-0.1, -0.05) is 0 Å². The number of aromatic nitrogens is 3. The summed E-state index contributed by atoms with van der Waals surface area (Å²) in [4.78, 5) is 23.5. The number of hydrogen-bond donors (Lipinski definition) is 2. The van der Waals surface area contributed by atoms with Gasteiger partial charge < -0.3 is 24.2 Å². The van der Waals surface area contributed by atoms with Crippen molar-refractivity contribution in [2.75, 3.05) is 7.11 Å². The van der Waals surface area contributed by atoms with Crippen LogP contribution in [0.2, 0.25) is 0 Å². The first-order valence-corrected chi connectivity index (χ1v) is 8.63. The number of benzene rings is 1. The van der Waals surface area contributed by atoms with Gasteiger partial charge in [-0.2, -0.15) is 0 Å². The molecule has 1 amide bonds. The molecule has 2 aromatic heterocycles. The van der Waals surface area contributed by atoms with Crippen LogP contribution in [0.1, 0.15) is 31.5 Å². The SMILES string of the molecule is COc1cc2nc(CNC(=O)OC3CCCC3)[nH]c2cc1-c1cnco1. The lowest BCUT2D eigenvalue weighted by atomic mass is 10.1. The molecule has 0 unspecified atom stereocenters. The van der Waals surface area contributed by atoms with E-state index in [0.29, 0.717) is 17.3 Å². The Balaban J connectivity index is 1.49. The van der Waals surface area contributed by atoms with Crippen molar-refractivity contribution in [3.63, 3.8) is 0 Å². The number of methoxy groups -OCH3 is 1. The summed E-state index contributed by atoms with van der Waals surface area (Å²) in [6.07, 6.45) is 6.77. The Morgan fingerprint density at radius 1 is 1.38 bits per heavy atom. The van der Waals surface area contributed by atoms with Crippen LogP contribution in [0.3, 0.4) is 0 Å². The standard InChI is InChI=1S/C18H20N4O4/c1-24-15-7-14-13(6-12(15)16-8-19-10-25-16)21-17(22-14)9-20-18(23)26-11-4-2-3-5-11/h6-8,10-11H,2-5,9H2,1H3,(H,20,23)(H,21,22). The maximum Gasteiger partial charge on any atom is 0.407 e. The molecule has 1 aliphatic carbocycles. The van der Waals surface area contributed by atoms with E-state index in [1.165, 1.54) is 6.39 Å². The molecular weight excluding hydrogens is 336 g/mol. The average Bonchev–Trinajstić information content (AvgIpc) is 3.39. The number of nitrogens with one attached hydrogen (secondary N) is 2. The predicted molar refractivity (Wildman–Crippen MR) is 93.7 cm³/mol. The molecule has 0 spiro atoms. The van der Waals surface area contributed by atoms with Crippen LogP contribution in [0, 0.1) is 0 Å². The Labute approximate surface area is 149 Å². The molecule has 2 N–H and O–H groups in total. The number of carbonyl (C=O) groups excluding carboxylic acids is 1. The third-order valence-corrected chi connectivity index (χ3v) is 4.53. The number of fused-ring (bicyclic) bond motifs is 1. The summed E-state index contributed by atoms with van der Waals surface area (Å²) in [5.41, 5.74) is 2.34. The first kappa shape index (κ1) is 16.4. The first-order valence-electron chi connectivity index (χ1n) is 8.63. The second kappa shape index (κ2) is 7.07. The van der Waals surface area contributed by atoms with Crippen molar-refractivity contribution in [1.29, 1.82) is 0 Å². The van der Waals surface area contributed by atoms with Crippen molar-refractivity contribution in [2.45, 2.75) is 38.3 Å². The number of aromatic amines is 1. The molecule has 4 rings (SSSR count). The zero-order valence-corrected chi connectivity index (χ0v) is 14.4. The Morgan fingerprint density at radius 3 is 2.96 bits per heavy atom. The number of amides is 1. The van der Waals surface area contributed by atoms with Gasteiger partial charge in [0.25, 0.3) is 0 Å². The maximum atomic E-state index is 11.9. The molecule has 0 radical (unpaired) electrons. The zero-order chi connectivity index (χ0) is 17.9. The van der Waals surface area contributed by atoms with Gasteiger partial charge >= 0.3 is 6.09 Å². The van der Waals surface area contributed by atoms with Crippen molar-refractivity contribution in [3.05, 3.63) is 30.5 Å². The van der Waals surface area contributed by atoms with Crippen LogP contribution in [0.5, 0.6) is 5.75 Å². The molecule has 26 heavy (non-hydrogen) atoms. The minimum Gasteiger partial charge on any atom is -0.496 e. The van der Waals surface area contributed by atoms with Crippen LogP contribution < -0.4 is 10.1 Å². The average molecular weight is 356 g/mol. The zero-order valence-electron chi connectivity index (χ0n) is 14.4. The van der Waals surface area contributed by atoms with E-state index in [9.17, 15) is 4.79 Å². The highest BCUT2D eigenvalue weighted by molar-refractivity contribution is 5.85. The van der Waals surface area contributed by atoms with Crippen molar-refractivity contribution >= 4 is 17.1 Å². The molecule has 1 aliphatic rings. The van der Waals surface area contributed by atoms with E-state index >= 15 is 0 Å². The van der Waals surface area contributed by atoms with E-state index < -0.39 is 6.09 Å². The molecule has 0 aliphatic heterocycles. The normalized spacial score (nSPS) is 14.7. The van der Waals surface area contributed by atoms with Gasteiger partial charge in [-0.15, -0.1) is 0 Å². The van der Waals surface area contributed by atoms with Crippen molar-refractivity contribution < 1.29 is 18.7 Å². The van der Waals surface area contributed by atoms with Gasteiger partial charge in [0.05, 0.1) is 36.4 Å². The number of alkyl carbamates (subject to hydrolysis) is 1. The summed E-state index contributed by atoms with van der Waals surface area (Å²) in [5, 5.41) is 2.74. The van der Waals surface area contributed by atoms with Gasteiger partial charge in [0.1, 0.15) is 17.7 Å². The van der Waals surface area contributed by atoms with Gasteiger partial charge in [-0.25, -0.2) is 14.8 Å². The summed E-state index contributed by atoms with van der Waals surface area (Å²) < 4.78 is 16.2. The predicted octanol–water partition coefficient (Wildman–Crippen LogP) is 3.40. The summed E-state index contributed by atoms with van der Waals surface area (Å²) >= 11 is 0. The minimum absolute atomic E-state index is 0.0411. The van der Waals surface area contributed by atoms with Gasteiger partial charge in [-0.3, -0.25) is 0 Å². The molecular formula is C18H20N4O4. The summed E-state index contributed by atoms with van der Waals surface area (Å²) in [6, 6.07) is 3.71. The highest BCUT2D eigenvalue weighted by Crippen LogP contribution is 2.33. The maximum absolute atomic E-state index is 11.9. The second-order valence-electron chi connectivity index (χ2n) is 6.28. The molecule has 1 fully saturated rings. The largest absolute Gasteiger partial charge is 0.496 e. The van der Waals surface area contributed by atoms with Gasteiger partial charge in [0, 0.05) is 6.07 Å². The minimum atomic E-state index is -0.405. The van der Waals surface area contributed by atoms with E-state index in [1.54, 1.807) is 13.3 Å². The summed E-state index contributed by atoms with van der Waals surface area (Å²) in [7, 11) is 1.59. The third kappa shape index (κ3) is 3.35. The van der Waals surface area contributed by atoms with Crippen LogP contribution in [-0.4, -0.2) is 34.3 Å². The second-order valence-corrected chi connectivity index (χ2v) is 6.28. The number of nitrogens with zero attached hydrogens (tertiary/aromatic N) is 2. The quantitative estimate of drug-likeness (QED) is 0.726. The van der Waals surface area contributed by atoms with Gasteiger partial charge in [0.15, 0.2) is 12.2 Å². The fraction of sp³-hybridized carbons (Fsp3) is 0.389. The highest BCUT2D eigenvalue weighted by atomic mass is 16.6. The lowest BCUT2D eigenvalue weighted by Crippen LogP contribution is -2.27. The number of H-pyrrole nitrogens is 1. The number of rotatable bonds is 5. The van der Waals surface area contributed by atoms with E-state index in [-0.39, 0.29) is 12.6 Å². The molecule has 136 valence electrons. The molecule has 8 heteroatoms. The van der Waals surface area contributed by atoms with Crippen molar-refractivity contribution in [3.8, 4) is 17.1 Å². The lowest BCUT2D eigenvalue weighted by Gasteiger charge is -2.11. The van der Waals surface area contributed by atoms with Crippen LogP contribution >= 0.6 is 0 Å². The molecule has 1 aromatic carbocycles. The van der Waals surface area contributed by atoms with E-state index in [1.807, 2.05) is 12.1 Å². The molecule has 8 nitrogen and oxygen atoms in total. The van der Waals surface area contributed by atoms with Crippen LogP contribution in [0.25, 0.3) is 22.4 Å². The Kier molecular flexibility index (Phi) is 4.47. The lowest BCUT2D eigenvalue weighted by molar-refractivity contribution is 0.100. The highest BCUT2D eigenvalue weighted by Gasteiger charge is 2.19. The number of imidazole rings is 1. The van der Waals surface area contributed by atoms with Crippen LogP contribution in [-0.2, 0) is 11.3 Å². The Bertz CT molecular complexity index is 897. The Morgan fingerprint density at radius 2 is 2.23 bits per heavy atom. The van der Waals surface area contributed by atoms with E-state index in [0.717, 1.165) is 42.3 Å². The topological polar surface area (TPSA) is 102 Å². The number of carbonyl (C=O) groups is 1. The van der Waals surface area contributed by atoms with E-state index in [2.05, 4.69) is 20.3 Å². The molecule has 2 heterocycles. The number of oxazole rings is 1. The fourth-order valence-electron chi connectivity index (χ4n) is 3.24. The summed E-state index contributed by atoms with van der Waals surface area (Å²) in [5.74, 6) is 1.89. The van der Waals surface area contributed by atoms with Crippen LogP contribution in [0.4, 0.5) is 4.79 Å². The summed E-state index contributed by atoms with van der Waals surface area (Å²) in [6.45, 7) is 0.264. The number of hydrogen-bond acceptors (Lipinski definition) is 6. The molecule has 3 aromatic rings. The molecule has 0 atom stereocenters. The first-order chi connectivity index (χ1) is 12.7. The third-order valence-electron chi connectivity index (χ3n) is 4.53. The fourth-order valence-corrected chi connectivity index (χ4v) is 3.24. The van der Waals surface area contributed by atoms with E-state index in [4.69, 9.17) is 13.9 Å². The molecule has 1 saturated carbocycles. The van der Waals surface area contributed by atoms with Crippen LogP contribution in [0.15, 0.2) is 29.1 Å². The van der Waals surface area contributed by atoms with Crippen molar-refractivity contribution in [1.82, 2.24) is 20.3 Å². The monoisotopic (exact) mass is 356 g/mol. The van der Waals surface area contributed by atoms with Gasteiger partial charge in [0.2, 0.25) is 0 Å². The smallest absolute Gasteiger partial charge is 0.407 e. The molecule has 0 saturated heterocycles. The number of ether oxygens (including phenoxy) is 2. The van der Waals surface area contributed by atoms with Crippen molar-refractivity contribution in [2.24, 2.45) is 0 Å². The Hall–Kier alpha value is -3.03. The van der Waals surface area contributed by atoms with Gasteiger partial charge in [-0.05, 0) is 31.7 Å². The molecule has 0 bridgehead atoms.